The Hall–Kier alpha value is -2.46. The molecule has 5 N–H and O–H groups in total. The molecule has 0 fully saturated rings. The number of nitrogens with two attached hydrogens (primary N) is 1. The topological polar surface area (TPSA) is 158 Å². The van der Waals surface area contributed by atoms with E-state index < -0.39 is 17.3 Å². The number of halogens is 1. The number of aliphatic carboxylic acids is 1. The van der Waals surface area contributed by atoms with Crippen molar-refractivity contribution in [1.29, 1.82) is 0 Å². The molecule has 0 aliphatic carbocycles. The molecule has 10 nitrogen and oxygen atoms in total. The molecule has 1 aromatic rings. The molecule has 0 saturated heterocycles. The van der Waals surface area contributed by atoms with E-state index in [1.54, 1.807) is 6.20 Å². The van der Waals surface area contributed by atoms with Gasteiger partial charge in [-0.3, -0.25) is 14.4 Å². The number of aromatic amines is 1. The first-order chi connectivity index (χ1) is 14.2. The van der Waals surface area contributed by atoms with Crippen LogP contribution in [0.2, 0.25) is 0 Å². The molecule has 0 aromatic carbocycles. The molecule has 0 aliphatic heterocycles. The van der Waals surface area contributed by atoms with Crippen LogP contribution in [0, 0.1) is 0 Å². The highest BCUT2D eigenvalue weighted by atomic mass is 35.5. The lowest BCUT2D eigenvalue weighted by atomic mass is 10.1. The third-order valence-electron chi connectivity index (χ3n) is 4.00. The van der Waals surface area contributed by atoms with Crippen LogP contribution in [0.3, 0.4) is 0 Å². The molecule has 0 aliphatic rings. The second-order valence-electron chi connectivity index (χ2n) is 6.54. The fourth-order valence-corrected chi connectivity index (χ4v) is 2.62. The second kappa shape index (κ2) is 16.3. The quantitative estimate of drug-likeness (QED) is 0.261. The molecule has 1 unspecified atom stereocenters. The van der Waals surface area contributed by atoms with Gasteiger partial charge in [0.1, 0.15) is 6.04 Å². The van der Waals surface area contributed by atoms with Crippen LogP contribution in [0.4, 0.5) is 0 Å². The number of H-pyrrole nitrogens is 1. The average Bonchev–Trinajstić information content (AvgIpc) is 3.17. The number of carbonyl (C=O) groups is 4. The summed E-state index contributed by atoms with van der Waals surface area (Å²) in [5, 5.41) is 11.5. The van der Waals surface area contributed by atoms with Crippen molar-refractivity contribution >= 4 is 34.6 Å². The Kier molecular flexibility index (Phi) is 15.0. The van der Waals surface area contributed by atoms with E-state index in [1.807, 2.05) is 0 Å². The lowest BCUT2D eigenvalue weighted by Crippen LogP contribution is -2.47. The maximum Gasteiger partial charge on any atom is 0.326 e. The first kappa shape index (κ1) is 27.5. The Morgan fingerprint density at radius 1 is 1.30 bits per heavy atom. The van der Waals surface area contributed by atoms with Gasteiger partial charge in [-0.05, 0) is 18.0 Å². The van der Waals surface area contributed by atoms with E-state index in [9.17, 15) is 24.3 Å². The smallest absolute Gasteiger partial charge is 0.326 e. The number of rotatable bonds is 13. The van der Waals surface area contributed by atoms with E-state index in [-0.39, 0.29) is 37.6 Å². The molecule has 0 bridgehead atoms. The van der Waals surface area contributed by atoms with Crippen molar-refractivity contribution in [2.24, 2.45) is 5.73 Å². The molecule has 11 heteroatoms. The van der Waals surface area contributed by atoms with Crippen molar-refractivity contribution < 1.29 is 24.3 Å². The number of unbranched alkanes of at least 4 members (excludes halogenated alkanes) is 2. The SMILES string of the molecule is CC(=O)NCCC(=O)Cl.CCCCCN(C(=O)CCN)C(Cc1c[nH]cn1)C(=O)O. The van der Waals surface area contributed by atoms with E-state index in [0.717, 1.165) is 19.3 Å². The predicted molar refractivity (Wildman–Crippen MR) is 113 cm³/mol. The standard InChI is InChI=1S/C14H24N4O3.C5H8ClNO2/c1-2-3-4-7-18(13(19)5-6-15)12(14(20)21)8-11-9-16-10-17-11;1-4(8)7-3-2-5(6)9/h9-10,12H,2-8,15H2,1H3,(H,16,17)(H,20,21);2-3H2,1H3,(H,7,8). The largest absolute Gasteiger partial charge is 0.480 e. The number of carbonyl (C=O) groups excluding carboxylic acids is 3. The van der Waals surface area contributed by atoms with Crippen molar-refractivity contribution in [2.75, 3.05) is 19.6 Å². The number of aromatic nitrogens is 2. The molecular weight excluding hydrogens is 414 g/mol. The summed E-state index contributed by atoms with van der Waals surface area (Å²) < 4.78 is 0. The van der Waals surface area contributed by atoms with Crippen molar-refractivity contribution in [3.63, 3.8) is 0 Å². The molecule has 1 aromatic heterocycles. The predicted octanol–water partition coefficient (Wildman–Crippen LogP) is 1.05. The summed E-state index contributed by atoms with van der Waals surface area (Å²) in [5.74, 6) is -1.37. The summed E-state index contributed by atoms with van der Waals surface area (Å²) in [7, 11) is 0. The normalized spacial score (nSPS) is 11.1. The maximum atomic E-state index is 12.2. The van der Waals surface area contributed by atoms with Gasteiger partial charge in [-0.15, -0.1) is 0 Å². The monoisotopic (exact) mass is 445 g/mol. The number of hydrogen-bond acceptors (Lipinski definition) is 6. The Bertz CT molecular complexity index is 640. The number of hydrogen-bond donors (Lipinski definition) is 4. The van der Waals surface area contributed by atoms with Crippen LogP contribution in [-0.2, 0) is 25.6 Å². The molecule has 2 amide bonds. The zero-order valence-electron chi connectivity index (χ0n) is 17.5. The fraction of sp³-hybridized carbons (Fsp3) is 0.632. The first-order valence-electron chi connectivity index (χ1n) is 9.85. The van der Waals surface area contributed by atoms with Crippen LogP contribution >= 0.6 is 11.6 Å². The van der Waals surface area contributed by atoms with Crippen LogP contribution in [-0.4, -0.2) is 68.7 Å². The minimum Gasteiger partial charge on any atom is -0.480 e. The fourth-order valence-electron chi connectivity index (χ4n) is 2.52. The van der Waals surface area contributed by atoms with Crippen LogP contribution < -0.4 is 11.1 Å². The van der Waals surface area contributed by atoms with Gasteiger partial charge in [0.05, 0.1) is 12.0 Å². The lowest BCUT2D eigenvalue weighted by Gasteiger charge is -2.28. The van der Waals surface area contributed by atoms with Gasteiger partial charge in [0.15, 0.2) is 0 Å². The Morgan fingerprint density at radius 2 is 2.00 bits per heavy atom. The number of carboxylic acids is 1. The van der Waals surface area contributed by atoms with Crippen molar-refractivity contribution in [3.8, 4) is 0 Å². The van der Waals surface area contributed by atoms with Gasteiger partial charge in [0.25, 0.3) is 0 Å². The molecule has 1 atom stereocenters. The molecule has 1 heterocycles. The van der Waals surface area contributed by atoms with E-state index >= 15 is 0 Å². The van der Waals surface area contributed by atoms with Gasteiger partial charge in [-0.25, -0.2) is 9.78 Å². The van der Waals surface area contributed by atoms with E-state index in [4.69, 9.17) is 17.3 Å². The van der Waals surface area contributed by atoms with E-state index in [1.165, 1.54) is 18.2 Å². The third-order valence-corrected chi connectivity index (χ3v) is 4.18. The molecule has 1 rings (SSSR count). The summed E-state index contributed by atoms with van der Waals surface area (Å²) in [5.41, 5.74) is 6.05. The Balaban J connectivity index is 0.000000787. The van der Waals surface area contributed by atoms with Crippen molar-refractivity contribution in [2.45, 2.75) is 58.4 Å². The zero-order chi connectivity index (χ0) is 22.9. The first-order valence-corrected chi connectivity index (χ1v) is 10.2. The van der Waals surface area contributed by atoms with Gasteiger partial charge < -0.3 is 26.0 Å². The molecule has 0 saturated carbocycles. The van der Waals surface area contributed by atoms with E-state index in [0.29, 0.717) is 18.8 Å². The summed E-state index contributed by atoms with van der Waals surface area (Å²) in [6.07, 6.45) is 6.46. The number of nitrogens with zero attached hydrogens (tertiary/aromatic N) is 2. The van der Waals surface area contributed by atoms with Gasteiger partial charge in [-0.2, -0.15) is 0 Å². The van der Waals surface area contributed by atoms with Gasteiger partial charge in [0.2, 0.25) is 17.1 Å². The van der Waals surface area contributed by atoms with E-state index in [2.05, 4.69) is 22.2 Å². The number of amides is 2. The van der Waals surface area contributed by atoms with Crippen LogP contribution in [0.1, 0.15) is 51.6 Å². The highest BCUT2D eigenvalue weighted by Gasteiger charge is 2.29. The van der Waals surface area contributed by atoms with Crippen LogP contribution in [0.5, 0.6) is 0 Å². The Morgan fingerprint density at radius 3 is 2.47 bits per heavy atom. The van der Waals surface area contributed by atoms with Gasteiger partial charge >= 0.3 is 5.97 Å². The number of imidazole rings is 1. The van der Waals surface area contributed by atoms with Gasteiger partial charge in [-0.1, -0.05) is 19.8 Å². The molecular formula is C19H32ClN5O5. The molecule has 0 spiro atoms. The zero-order valence-corrected chi connectivity index (χ0v) is 18.3. The summed E-state index contributed by atoms with van der Waals surface area (Å²) in [4.78, 5) is 52.2. The average molecular weight is 446 g/mol. The lowest BCUT2D eigenvalue weighted by molar-refractivity contribution is -0.150. The number of carboxylic acid groups (broad SMARTS) is 1. The summed E-state index contributed by atoms with van der Waals surface area (Å²) in [6.45, 7) is 4.44. The third kappa shape index (κ3) is 12.9. The maximum absolute atomic E-state index is 12.2. The second-order valence-corrected chi connectivity index (χ2v) is 6.96. The summed E-state index contributed by atoms with van der Waals surface area (Å²) in [6, 6.07) is -0.899. The van der Waals surface area contributed by atoms with Gasteiger partial charge in [0, 0.05) is 52.0 Å². The van der Waals surface area contributed by atoms with Crippen molar-refractivity contribution in [1.82, 2.24) is 20.2 Å². The molecule has 30 heavy (non-hydrogen) atoms. The van der Waals surface area contributed by atoms with Crippen molar-refractivity contribution in [3.05, 3.63) is 18.2 Å². The highest BCUT2D eigenvalue weighted by Crippen LogP contribution is 2.11. The minimum atomic E-state index is -1.01. The van der Waals surface area contributed by atoms with Crippen LogP contribution in [0.15, 0.2) is 12.5 Å². The molecule has 0 radical (unpaired) electrons. The highest BCUT2D eigenvalue weighted by molar-refractivity contribution is 6.63. The number of nitrogens with one attached hydrogen (secondary N) is 2. The Labute approximate surface area is 181 Å². The van der Waals surface area contributed by atoms with Crippen LogP contribution in [0.25, 0.3) is 0 Å². The summed E-state index contributed by atoms with van der Waals surface area (Å²) >= 11 is 4.97. The minimum absolute atomic E-state index is 0.145. The molecule has 170 valence electrons.